The number of esters is 1. The molecule has 0 aliphatic carbocycles. The van der Waals surface area contributed by atoms with E-state index in [1.54, 1.807) is 0 Å². The van der Waals surface area contributed by atoms with Crippen LogP contribution in [0.2, 0.25) is 0 Å². The van der Waals surface area contributed by atoms with Gasteiger partial charge in [-0.15, -0.1) is 0 Å². The van der Waals surface area contributed by atoms with Crippen LogP contribution >= 0.6 is 15.9 Å². The standard InChI is InChI=1S/C15H17BrO2/c1-2-3-4-5-13-10-14(15(17)18-13)11-6-8-12(16)9-7-11/h6-10,13H,2-5H2,1H3. The SMILES string of the molecule is CCCCCC1C=C(c2ccc(Br)cc2)C(=O)O1. The molecule has 0 radical (unpaired) electrons. The molecule has 18 heavy (non-hydrogen) atoms. The third kappa shape index (κ3) is 3.22. The predicted molar refractivity (Wildman–Crippen MR) is 76.1 cm³/mol. The molecular formula is C15H17BrO2. The Morgan fingerprint density at radius 2 is 1.94 bits per heavy atom. The Morgan fingerprint density at radius 1 is 1.22 bits per heavy atom. The number of ether oxygens (including phenoxy) is 1. The van der Waals surface area contributed by atoms with Crippen molar-refractivity contribution in [3.05, 3.63) is 40.4 Å². The molecule has 0 saturated heterocycles. The minimum Gasteiger partial charge on any atom is -0.454 e. The molecule has 1 heterocycles. The lowest BCUT2D eigenvalue weighted by Crippen LogP contribution is -2.07. The van der Waals surface area contributed by atoms with Gasteiger partial charge in [0.15, 0.2) is 0 Å². The van der Waals surface area contributed by atoms with Gasteiger partial charge in [-0.05, 0) is 36.6 Å². The molecule has 1 atom stereocenters. The molecular weight excluding hydrogens is 292 g/mol. The Kier molecular flexibility index (Phi) is 4.59. The van der Waals surface area contributed by atoms with Crippen molar-refractivity contribution in [2.24, 2.45) is 0 Å². The number of hydrogen-bond donors (Lipinski definition) is 0. The second kappa shape index (κ2) is 6.19. The summed E-state index contributed by atoms with van der Waals surface area (Å²) in [6, 6.07) is 7.75. The van der Waals surface area contributed by atoms with Crippen molar-refractivity contribution in [2.45, 2.75) is 38.7 Å². The van der Waals surface area contributed by atoms with Gasteiger partial charge in [0.2, 0.25) is 0 Å². The zero-order valence-electron chi connectivity index (χ0n) is 10.5. The molecule has 1 aromatic carbocycles. The van der Waals surface area contributed by atoms with Gasteiger partial charge in [0.25, 0.3) is 0 Å². The second-order valence-electron chi connectivity index (χ2n) is 4.53. The molecule has 1 aliphatic heterocycles. The molecule has 0 saturated carbocycles. The van der Waals surface area contributed by atoms with Crippen molar-refractivity contribution < 1.29 is 9.53 Å². The number of benzene rings is 1. The summed E-state index contributed by atoms with van der Waals surface area (Å²) in [4.78, 5) is 11.8. The Balaban J connectivity index is 2.05. The first-order chi connectivity index (χ1) is 8.70. The molecule has 1 aromatic rings. The lowest BCUT2D eigenvalue weighted by molar-refractivity contribution is -0.137. The summed E-state index contributed by atoms with van der Waals surface area (Å²) in [6.07, 6.45) is 6.33. The summed E-state index contributed by atoms with van der Waals surface area (Å²) in [5.41, 5.74) is 1.63. The topological polar surface area (TPSA) is 26.3 Å². The normalized spacial score (nSPS) is 18.7. The van der Waals surface area contributed by atoms with Crippen LogP contribution in [-0.4, -0.2) is 12.1 Å². The van der Waals surface area contributed by atoms with Gasteiger partial charge in [-0.1, -0.05) is 47.8 Å². The van der Waals surface area contributed by atoms with Crippen molar-refractivity contribution in [1.82, 2.24) is 0 Å². The Morgan fingerprint density at radius 3 is 2.61 bits per heavy atom. The first-order valence-electron chi connectivity index (χ1n) is 6.39. The van der Waals surface area contributed by atoms with Crippen molar-refractivity contribution in [2.75, 3.05) is 0 Å². The number of hydrogen-bond acceptors (Lipinski definition) is 2. The molecule has 2 rings (SSSR count). The van der Waals surface area contributed by atoms with Gasteiger partial charge >= 0.3 is 5.97 Å². The van der Waals surface area contributed by atoms with Gasteiger partial charge in [0.05, 0.1) is 5.57 Å². The Hall–Kier alpha value is -1.09. The Bertz CT molecular complexity index is 448. The molecule has 1 unspecified atom stereocenters. The maximum atomic E-state index is 11.8. The van der Waals surface area contributed by atoms with Gasteiger partial charge < -0.3 is 4.74 Å². The third-order valence-electron chi connectivity index (χ3n) is 3.08. The first kappa shape index (κ1) is 13.3. The first-order valence-corrected chi connectivity index (χ1v) is 7.18. The van der Waals surface area contributed by atoms with Crippen molar-refractivity contribution in [3.63, 3.8) is 0 Å². The minimum absolute atomic E-state index is 0.0392. The van der Waals surface area contributed by atoms with E-state index < -0.39 is 0 Å². The number of unbranched alkanes of at least 4 members (excludes halogenated alkanes) is 2. The molecule has 0 aromatic heterocycles. The van der Waals surface area contributed by atoms with Gasteiger partial charge in [0.1, 0.15) is 6.10 Å². The summed E-state index contributed by atoms with van der Waals surface area (Å²) in [5.74, 6) is -0.196. The lowest BCUT2D eigenvalue weighted by Gasteiger charge is -2.06. The number of rotatable bonds is 5. The summed E-state index contributed by atoms with van der Waals surface area (Å²) >= 11 is 3.39. The maximum absolute atomic E-state index is 11.8. The number of halogens is 1. The maximum Gasteiger partial charge on any atom is 0.339 e. The van der Waals surface area contributed by atoms with Crippen LogP contribution < -0.4 is 0 Å². The molecule has 96 valence electrons. The molecule has 3 heteroatoms. The van der Waals surface area contributed by atoms with Crippen LogP contribution in [0.4, 0.5) is 0 Å². The quantitative estimate of drug-likeness (QED) is 0.597. The Labute approximate surface area is 116 Å². The number of cyclic esters (lactones) is 1. The number of carbonyl (C=O) groups excluding carboxylic acids is 1. The van der Waals surface area contributed by atoms with E-state index in [9.17, 15) is 4.79 Å². The predicted octanol–water partition coefficient (Wildman–Crippen LogP) is 4.34. The van der Waals surface area contributed by atoms with E-state index in [0.29, 0.717) is 5.57 Å². The van der Waals surface area contributed by atoms with E-state index in [1.807, 2.05) is 30.3 Å². The fourth-order valence-corrected chi connectivity index (χ4v) is 2.33. The van der Waals surface area contributed by atoms with E-state index >= 15 is 0 Å². The zero-order valence-corrected chi connectivity index (χ0v) is 12.1. The van der Waals surface area contributed by atoms with E-state index in [2.05, 4.69) is 22.9 Å². The van der Waals surface area contributed by atoms with E-state index in [4.69, 9.17) is 4.74 Å². The van der Waals surface area contributed by atoms with Crippen LogP contribution in [0, 0.1) is 0 Å². The monoisotopic (exact) mass is 308 g/mol. The molecule has 0 bridgehead atoms. The van der Waals surface area contributed by atoms with Crippen LogP contribution in [0.25, 0.3) is 5.57 Å². The largest absolute Gasteiger partial charge is 0.454 e. The summed E-state index contributed by atoms with van der Waals surface area (Å²) in [7, 11) is 0. The molecule has 1 aliphatic rings. The summed E-state index contributed by atoms with van der Waals surface area (Å²) in [5, 5.41) is 0. The second-order valence-corrected chi connectivity index (χ2v) is 5.44. The summed E-state index contributed by atoms with van der Waals surface area (Å²) < 4.78 is 6.37. The third-order valence-corrected chi connectivity index (χ3v) is 3.61. The van der Waals surface area contributed by atoms with Gasteiger partial charge in [-0.25, -0.2) is 4.79 Å². The molecule has 0 fully saturated rings. The highest BCUT2D eigenvalue weighted by Gasteiger charge is 2.25. The minimum atomic E-state index is -0.196. The fourth-order valence-electron chi connectivity index (χ4n) is 2.07. The van der Waals surface area contributed by atoms with E-state index in [-0.39, 0.29) is 12.1 Å². The highest BCUT2D eigenvalue weighted by Crippen LogP contribution is 2.27. The van der Waals surface area contributed by atoms with Crippen molar-refractivity contribution >= 4 is 27.5 Å². The van der Waals surface area contributed by atoms with E-state index in [1.165, 1.54) is 12.8 Å². The highest BCUT2D eigenvalue weighted by atomic mass is 79.9. The van der Waals surface area contributed by atoms with Crippen LogP contribution in [0.15, 0.2) is 34.8 Å². The summed E-state index contributed by atoms with van der Waals surface area (Å²) in [6.45, 7) is 2.17. The van der Waals surface area contributed by atoms with Gasteiger partial charge in [-0.3, -0.25) is 0 Å². The van der Waals surface area contributed by atoms with E-state index in [0.717, 1.165) is 22.9 Å². The average molecular weight is 309 g/mol. The zero-order chi connectivity index (χ0) is 13.0. The van der Waals surface area contributed by atoms with Crippen LogP contribution in [-0.2, 0) is 9.53 Å². The van der Waals surface area contributed by atoms with Crippen LogP contribution in [0.1, 0.15) is 38.2 Å². The molecule has 0 N–H and O–H groups in total. The molecule has 0 spiro atoms. The molecule has 2 nitrogen and oxygen atoms in total. The van der Waals surface area contributed by atoms with Crippen molar-refractivity contribution in [1.29, 1.82) is 0 Å². The lowest BCUT2D eigenvalue weighted by atomic mass is 10.0. The highest BCUT2D eigenvalue weighted by molar-refractivity contribution is 9.10. The van der Waals surface area contributed by atoms with Crippen LogP contribution in [0.5, 0.6) is 0 Å². The average Bonchev–Trinajstić information content (AvgIpc) is 2.72. The van der Waals surface area contributed by atoms with Gasteiger partial charge in [-0.2, -0.15) is 0 Å². The van der Waals surface area contributed by atoms with Crippen molar-refractivity contribution in [3.8, 4) is 0 Å². The smallest absolute Gasteiger partial charge is 0.339 e. The van der Waals surface area contributed by atoms with Gasteiger partial charge in [0, 0.05) is 4.47 Å². The molecule has 0 amide bonds. The number of carbonyl (C=O) groups is 1. The fraction of sp³-hybridized carbons (Fsp3) is 0.400. The van der Waals surface area contributed by atoms with Crippen LogP contribution in [0.3, 0.4) is 0 Å².